The Kier molecular flexibility index (Phi) is 6.02. The number of aromatic nitrogens is 2. The van der Waals surface area contributed by atoms with Crippen molar-refractivity contribution in [3.8, 4) is 6.07 Å². The first kappa shape index (κ1) is 22.4. The van der Waals surface area contributed by atoms with Gasteiger partial charge in [-0.2, -0.15) is 5.26 Å². The van der Waals surface area contributed by atoms with Crippen LogP contribution >= 0.6 is 23.1 Å². The number of nitrogens with zero attached hydrogens (tertiary/aromatic N) is 3. The second-order valence-electron chi connectivity index (χ2n) is 8.38. The highest BCUT2D eigenvalue weighted by Crippen LogP contribution is 2.36. The lowest BCUT2D eigenvalue weighted by Gasteiger charge is -2.17. The maximum absolute atomic E-state index is 13.4. The van der Waals surface area contributed by atoms with Crippen LogP contribution in [0.2, 0.25) is 0 Å². The van der Waals surface area contributed by atoms with E-state index in [1.807, 2.05) is 12.1 Å². The van der Waals surface area contributed by atoms with Crippen LogP contribution in [-0.4, -0.2) is 21.2 Å². The van der Waals surface area contributed by atoms with Crippen LogP contribution in [0, 0.1) is 17.2 Å². The molecular formula is C25H22N4O3S2. The molecule has 0 spiro atoms. The van der Waals surface area contributed by atoms with Crippen LogP contribution in [0.3, 0.4) is 0 Å². The van der Waals surface area contributed by atoms with E-state index in [0.717, 1.165) is 29.7 Å². The average Bonchev–Trinajstić information content (AvgIpc) is 3.37. The van der Waals surface area contributed by atoms with Crippen LogP contribution in [0.4, 0.5) is 5.69 Å². The highest BCUT2D eigenvalue weighted by atomic mass is 32.2. The molecule has 0 aliphatic heterocycles. The van der Waals surface area contributed by atoms with E-state index in [9.17, 15) is 14.9 Å². The molecule has 1 N–H and O–H groups in total. The van der Waals surface area contributed by atoms with Crippen molar-refractivity contribution in [2.75, 3.05) is 11.1 Å². The Hall–Kier alpha value is -3.35. The van der Waals surface area contributed by atoms with Gasteiger partial charge in [0.25, 0.3) is 5.56 Å². The summed E-state index contributed by atoms with van der Waals surface area (Å²) in [6.45, 7) is 6.33. The summed E-state index contributed by atoms with van der Waals surface area (Å²) in [4.78, 5) is 33.0. The molecule has 0 saturated heterocycles. The van der Waals surface area contributed by atoms with E-state index in [1.165, 1.54) is 16.6 Å². The van der Waals surface area contributed by atoms with Crippen molar-refractivity contribution in [3.63, 3.8) is 0 Å². The van der Waals surface area contributed by atoms with Crippen molar-refractivity contribution >= 4 is 55.9 Å². The summed E-state index contributed by atoms with van der Waals surface area (Å²) in [6.07, 6.45) is 4.61. The summed E-state index contributed by atoms with van der Waals surface area (Å²) in [5.41, 5.74) is 1.95. The number of allylic oxidation sites excluding steroid dienone is 1. The predicted molar refractivity (Wildman–Crippen MR) is 136 cm³/mol. The molecule has 3 aromatic heterocycles. The molecule has 1 atom stereocenters. The molecule has 9 heteroatoms. The third kappa shape index (κ3) is 3.93. The van der Waals surface area contributed by atoms with Gasteiger partial charge in [0.05, 0.1) is 11.1 Å². The normalized spacial score (nSPS) is 15.2. The number of rotatable bonds is 6. The van der Waals surface area contributed by atoms with E-state index in [-0.39, 0.29) is 23.0 Å². The van der Waals surface area contributed by atoms with Gasteiger partial charge in [-0.1, -0.05) is 36.9 Å². The number of hydrogen-bond acceptors (Lipinski definition) is 7. The Morgan fingerprint density at radius 1 is 1.47 bits per heavy atom. The highest BCUT2D eigenvalue weighted by Gasteiger charge is 2.25. The minimum atomic E-state index is -0.313. The van der Waals surface area contributed by atoms with Gasteiger partial charge in [0.15, 0.2) is 5.16 Å². The molecular weight excluding hydrogens is 468 g/mol. The quantitative estimate of drug-likeness (QED) is 0.229. The van der Waals surface area contributed by atoms with Gasteiger partial charge in [-0.25, -0.2) is 4.98 Å². The van der Waals surface area contributed by atoms with E-state index in [4.69, 9.17) is 9.40 Å². The Balaban J connectivity index is 1.43. The molecule has 3 heterocycles. The lowest BCUT2D eigenvalue weighted by Crippen LogP contribution is -2.24. The second-order valence-corrected chi connectivity index (χ2v) is 10.4. The number of anilines is 1. The molecule has 1 unspecified atom stereocenters. The van der Waals surface area contributed by atoms with Gasteiger partial charge in [0, 0.05) is 16.8 Å². The third-order valence-electron chi connectivity index (χ3n) is 5.99. The van der Waals surface area contributed by atoms with Crippen molar-refractivity contribution < 1.29 is 9.21 Å². The number of thioether (sulfide) groups is 1. The summed E-state index contributed by atoms with van der Waals surface area (Å²) in [7, 11) is 0. The van der Waals surface area contributed by atoms with Crippen LogP contribution in [0.1, 0.15) is 29.5 Å². The van der Waals surface area contributed by atoms with Crippen molar-refractivity contribution in [1.29, 1.82) is 5.26 Å². The topological polar surface area (TPSA) is 101 Å². The number of furan rings is 1. The van der Waals surface area contributed by atoms with Crippen LogP contribution in [0.15, 0.2) is 51.3 Å². The van der Waals surface area contributed by atoms with Gasteiger partial charge in [0.2, 0.25) is 11.7 Å². The van der Waals surface area contributed by atoms with Crippen molar-refractivity contribution in [1.82, 2.24) is 9.55 Å². The summed E-state index contributed by atoms with van der Waals surface area (Å²) in [6, 6.07) is 9.15. The van der Waals surface area contributed by atoms with Gasteiger partial charge in [-0.15, -0.1) is 17.9 Å². The predicted octanol–water partition coefficient (Wildman–Crippen LogP) is 5.12. The monoisotopic (exact) mass is 490 g/mol. The van der Waals surface area contributed by atoms with Crippen molar-refractivity contribution in [2.45, 2.75) is 37.9 Å². The summed E-state index contributed by atoms with van der Waals surface area (Å²) in [5.74, 6) is 0.375. The van der Waals surface area contributed by atoms with Gasteiger partial charge in [0.1, 0.15) is 22.2 Å². The first-order chi connectivity index (χ1) is 16.5. The molecule has 34 heavy (non-hydrogen) atoms. The molecule has 1 aliphatic carbocycles. The summed E-state index contributed by atoms with van der Waals surface area (Å²) < 4.78 is 7.11. The molecule has 0 radical (unpaired) electrons. The van der Waals surface area contributed by atoms with E-state index in [1.54, 1.807) is 40.2 Å². The molecule has 4 aromatic rings. The zero-order chi connectivity index (χ0) is 23.8. The standard InChI is InChI=1S/C25H22N4O3S2/c1-3-10-29-24(31)21-16-9-8-14(2)11-19(16)34-23(21)28-25(29)33-13-20(30)27-22-15-6-4-5-7-17(15)32-18(22)12-26/h3-7,14H,1,8-11,13H2,2H3,(H,27,30). The number of thiophene rings is 1. The van der Waals surface area contributed by atoms with Gasteiger partial charge in [-0.05, 0) is 42.9 Å². The van der Waals surface area contributed by atoms with E-state index in [2.05, 4.69) is 18.8 Å². The molecule has 0 saturated carbocycles. The summed E-state index contributed by atoms with van der Waals surface area (Å²) in [5, 5.41) is 14.1. The fourth-order valence-electron chi connectivity index (χ4n) is 4.36. The smallest absolute Gasteiger partial charge is 0.263 e. The molecule has 1 amide bonds. The Morgan fingerprint density at radius 2 is 2.29 bits per heavy atom. The lowest BCUT2D eigenvalue weighted by molar-refractivity contribution is -0.113. The molecule has 1 aromatic carbocycles. The number of fused-ring (bicyclic) bond motifs is 4. The Labute approximate surface area is 204 Å². The molecule has 0 fully saturated rings. The van der Waals surface area contributed by atoms with Crippen LogP contribution in [0.25, 0.3) is 21.2 Å². The van der Waals surface area contributed by atoms with E-state index >= 15 is 0 Å². The first-order valence-corrected chi connectivity index (χ1v) is 12.8. The second kappa shape index (κ2) is 9.12. The Bertz CT molecular complexity index is 1540. The molecule has 5 rings (SSSR count). The fourth-order valence-corrected chi connectivity index (χ4v) is 6.59. The van der Waals surface area contributed by atoms with Crippen LogP contribution in [-0.2, 0) is 24.2 Å². The minimum Gasteiger partial charge on any atom is -0.443 e. The summed E-state index contributed by atoms with van der Waals surface area (Å²) >= 11 is 2.79. The maximum atomic E-state index is 13.4. The third-order valence-corrected chi connectivity index (χ3v) is 8.11. The van der Waals surface area contributed by atoms with Gasteiger partial charge >= 0.3 is 0 Å². The zero-order valence-corrected chi connectivity index (χ0v) is 20.2. The molecule has 172 valence electrons. The fraction of sp³-hybridized carbons (Fsp3) is 0.280. The number of carbonyl (C=O) groups excluding carboxylic acids is 1. The number of nitriles is 1. The number of amides is 1. The highest BCUT2D eigenvalue weighted by molar-refractivity contribution is 7.99. The molecule has 7 nitrogen and oxygen atoms in total. The molecule has 0 bridgehead atoms. The average molecular weight is 491 g/mol. The minimum absolute atomic E-state index is 0.0294. The van der Waals surface area contributed by atoms with Crippen molar-refractivity contribution in [3.05, 3.63) is 63.5 Å². The number of carbonyl (C=O) groups is 1. The van der Waals surface area contributed by atoms with Gasteiger partial charge in [-0.3, -0.25) is 14.2 Å². The number of hydrogen-bond donors (Lipinski definition) is 1. The number of nitrogens with one attached hydrogen (secondary N) is 1. The van der Waals surface area contributed by atoms with Gasteiger partial charge < -0.3 is 9.73 Å². The number of aryl methyl sites for hydroxylation is 1. The van der Waals surface area contributed by atoms with Crippen molar-refractivity contribution in [2.24, 2.45) is 5.92 Å². The maximum Gasteiger partial charge on any atom is 0.263 e. The Morgan fingerprint density at radius 3 is 3.09 bits per heavy atom. The number of benzene rings is 1. The SMILES string of the molecule is C=CCn1c(SCC(=O)Nc2c(C#N)oc3ccccc23)nc2sc3c(c2c1=O)CCC(C)C3. The van der Waals surface area contributed by atoms with E-state index < -0.39 is 0 Å². The molecule has 1 aliphatic rings. The van der Waals surface area contributed by atoms with E-state index in [0.29, 0.717) is 39.7 Å². The number of para-hydroxylation sites is 1. The van der Waals surface area contributed by atoms with Crippen LogP contribution < -0.4 is 10.9 Å². The first-order valence-electron chi connectivity index (χ1n) is 11.0. The largest absolute Gasteiger partial charge is 0.443 e. The lowest BCUT2D eigenvalue weighted by atomic mass is 9.89. The zero-order valence-electron chi connectivity index (χ0n) is 18.6. The van der Waals surface area contributed by atoms with Crippen LogP contribution in [0.5, 0.6) is 0 Å².